The lowest BCUT2D eigenvalue weighted by Crippen LogP contribution is -2.49. The van der Waals surface area contributed by atoms with Crippen LogP contribution < -0.4 is 9.64 Å². The summed E-state index contributed by atoms with van der Waals surface area (Å²) in [7, 11) is 1.61. The first-order valence-corrected chi connectivity index (χ1v) is 18.7. The van der Waals surface area contributed by atoms with Gasteiger partial charge in [-0.25, -0.2) is 4.85 Å². The summed E-state index contributed by atoms with van der Waals surface area (Å²) in [4.78, 5) is 6.32. The van der Waals surface area contributed by atoms with E-state index in [2.05, 4.69) is 67.6 Å². The maximum Gasteiger partial charge on any atom is 0.229 e. The lowest BCUT2D eigenvalue weighted by Gasteiger charge is -2.35. The fourth-order valence-electron chi connectivity index (χ4n) is 6.07. The molecule has 11 nitrogen and oxygen atoms in total. The number of rotatable bonds is 25. The molecule has 0 radical (unpaired) electrons. The highest BCUT2D eigenvalue weighted by Crippen LogP contribution is 2.43. The number of ether oxygens (including phenoxy) is 4. The van der Waals surface area contributed by atoms with Crippen molar-refractivity contribution in [1.82, 2.24) is 0 Å². The number of benzene rings is 1. The van der Waals surface area contributed by atoms with E-state index in [1.807, 2.05) is 19.1 Å². The quantitative estimate of drug-likeness (QED) is 0.0454. The molecule has 1 aromatic heterocycles. The van der Waals surface area contributed by atoms with Crippen molar-refractivity contribution in [1.29, 1.82) is 5.26 Å². The Morgan fingerprint density at radius 3 is 1.78 bits per heavy atom. The van der Waals surface area contributed by atoms with E-state index >= 15 is 0 Å². The van der Waals surface area contributed by atoms with Crippen molar-refractivity contribution in [3.8, 4) is 11.8 Å². The second-order valence-corrected chi connectivity index (χ2v) is 13.3. The number of azo groups is 1. The first-order chi connectivity index (χ1) is 23.7. The van der Waals surface area contributed by atoms with Crippen LogP contribution in [0.4, 0.5) is 22.1 Å². The monoisotopic (exact) mass is 699 g/mol. The molecular formula is C37H61N7O4S+2. The van der Waals surface area contributed by atoms with Gasteiger partial charge in [-0.3, -0.25) is 0 Å². The number of nitriles is 1. The molecular weight excluding hydrogens is 639 g/mol. The topological polar surface area (TPSA) is 93.0 Å². The molecule has 0 aliphatic rings. The van der Waals surface area contributed by atoms with Crippen LogP contribution in [-0.2, 0) is 14.2 Å². The summed E-state index contributed by atoms with van der Waals surface area (Å²) in [6, 6.07) is 6.07. The molecule has 0 aliphatic carbocycles. The van der Waals surface area contributed by atoms with Crippen molar-refractivity contribution < 1.29 is 27.9 Å². The highest BCUT2D eigenvalue weighted by Gasteiger charge is 2.22. The highest BCUT2D eigenvalue weighted by atomic mass is 32.1. The van der Waals surface area contributed by atoms with Gasteiger partial charge in [-0.1, -0.05) is 0 Å². The average molecular weight is 700 g/mol. The Hall–Kier alpha value is -3.10. The minimum Gasteiger partial charge on any atom is -0.494 e. The standard InChI is InChI=1S/C37H61N7O4S/c1-11-43(12-2,13-3)19-23-46-21-17-42(18-22-47-25-26-48-24-20-44(14-4,15-5)16-6)33-28-34(45-10)32(27-30(33)7)40-41-37-36(39-9)31(8)35(29-38)49-37/h27-28H,11-26H2,1-8,10H3/q+2/b41-40+. The van der Waals surface area contributed by atoms with Gasteiger partial charge in [0.2, 0.25) is 5.69 Å². The maximum absolute atomic E-state index is 9.41. The van der Waals surface area contributed by atoms with Gasteiger partial charge in [-0.05, 0) is 72.6 Å². The molecule has 0 unspecified atom stereocenters. The molecule has 0 fully saturated rings. The number of anilines is 1. The van der Waals surface area contributed by atoms with Gasteiger partial charge in [0.05, 0.1) is 97.5 Å². The predicted octanol–water partition coefficient (Wildman–Crippen LogP) is 7.82. The van der Waals surface area contributed by atoms with E-state index in [0.29, 0.717) is 72.1 Å². The van der Waals surface area contributed by atoms with Crippen LogP contribution in [0.25, 0.3) is 4.85 Å². The van der Waals surface area contributed by atoms with Crippen molar-refractivity contribution in [2.45, 2.75) is 55.4 Å². The van der Waals surface area contributed by atoms with Gasteiger partial charge in [-0.15, -0.1) is 16.5 Å². The van der Waals surface area contributed by atoms with Gasteiger partial charge in [0, 0.05) is 24.8 Å². The summed E-state index contributed by atoms with van der Waals surface area (Å²) in [5.74, 6) is 0.569. The lowest BCUT2D eigenvalue weighted by molar-refractivity contribution is -0.923. The zero-order chi connectivity index (χ0) is 36.3. The van der Waals surface area contributed by atoms with Crippen LogP contribution in [-0.4, -0.2) is 121 Å². The minimum atomic E-state index is 0.359. The summed E-state index contributed by atoms with van der Waals surface area (Å²) in [5, 5.41) is 18.6. The summed E-state index contributed by atoms with van der Waals surface area (Å²) in [5.41, 5.74) is 3.56. The summed E-state index contributed by atoms with van der Waals surface area (Å²) >= 11 is 1.17. The lowest BCUT2D eigenvalue weighted by atomic mass is 10.1. The molecule has 2 aromatic rings. The largest absolute Gasteiger partial charge is 0.494 e. The van der Waals surface area contributed by atoms with Crippen LogP contribution >= 0.6 is 11.3 Å². The Balaban J connectivity index is 2.15. The van der Waals surface area contributed by atoms with E-state index < -0.39 is 0 Å². The number of hydrogen-bond acceptors (Lipinski definition) is 9. The molecule has 0 saturated carbocycles. The molecule has 2 rings (SSSR count). The predicted molar refractivity (Wildman–Crippen MR) is 200 cm³/mol. The molecule has 0 bridgehead atoms. The van der Waals surface area contributed by atoms with Gasteiger partial charge in [-0.2, -0.15) is 10.4 Å². The first kappa shape index (κ1) is 42.1. The number of likely N-dealkylation sites (N-methyl/N-ethyl adjacent to an activating group) is 2. The zero-order valence-corrected chi connectivity index (χ0v) is 32.5. The van der Waals surface area contributed by atoms with E-state index in [-0.39, 0.29) is 0 Å². The molecule has 1 heterocycles. The first-order valence-electron chi connectivity index (χ1n) is 17.9. The second kappa shape index (κ2) is 21.9. The van der Waals surface area contributed by atoms with Gasteiger partial charge in [0.25, 0.3) is 0 Å². The highest BCUT2D eigenvalue weighted by molar-refractivity contribution is 7.17. The third kappa shape index (κ3) is 12.0. The minimum absolute atomic E-state index is 0.359. The number of quaternary nitrogens is 2. The van der Waals surface area contributed by atoms with Crippen LogP contribution in [0.15, 0.2) is 22.4 Å². The van der Waals surface area contributed by atoms with Gasteiger partial charge < -0.3 is 32.8 Å². The third-order valence-electron chi connectivity index (χ3n) is 10.2. The van der Waals surface area contributed by atoms with Crippen LogP contribution in [0.1, 0.15) is 57.5 Å². The average Bonchev–Trinajstić information content (AvgIpc) is 3.45. The molecule has 0 aliphatic heterocycles. The molecule has 49 heavy (non-hydrogen) atoms. The fraction of sp³-hybridized carbons (Fsp3) is 0.676. The van der Waals surface area contributed by atoms with E-state index in [1.165, 1.54) is 11.3 Å². The number of methoxy groups -OCH3 is 1. The second-order valence-electron chi connectivity index (χ2n) is 12.3. The van der Waals surface area contributed by atoms with E-state index in [0.717, 1.165) is 85.8 Å². The number of nitrogens with zero attached hydrogens (tertiary/aromatic N) is 7. The van der Waals surface area contributed by atoms with Gasteiger partial charge in [0.1, 0.15) is 35.6 Å². The molecule has 0 atom stereocenters. The number of hydrogen-bond donors (Lipinski definition) is 0. The SMILES string of the molecule is [C-]#[N+]c1c(/N=N/c2cc(C)c(N(CCOCCOCC[N+](CC)(CC)CC)CCOCC[N+](CC)(CC)CC)cc2OC)sc(C#N)c1C. The Labute approximate surface area is 300 Å². The zero-order valence-electron chi connectivity index (χ0n) is 31.6. The van der Waals surface area contributed by atoms with Crippen molar-refractivity contribution in [3.05, 3.63) is 39.6 Å². The molecule has 12 heteroatoms. The number of thiophene rings is 1. The summed E-state index contributed by atoms with van der Waals surface area (Å²) < 4.78 is 26.1. The Morgan fingerprint density at radius 2 is 1.31 bits per heavy atom. The Bertz CT molecular complexity index is 1370. The van der Waals surface area contributed by atoms with Crippen molar-refractivity contribution >= 4 is 33.4 Å². The summed E-state index contributed by atoms with van der Waals surface area (Å²) in [6.45, 7) is 38.6. The number of aryl methyl sites for hydroxylation is 1. The Kier molecular flexibility index (Phi) is 18.8. The molecule has 0 amide bonds. The van der Waals surface area contributed by atoms with Crippen LogP contribution in [0.3, 0.4) is 0 Å². The molecule has 0 N–H and O–H groups in total. The van der Waals surface area contributed by atoms with E-state index in [9.17, 15) is 5.26 Å². The fourth-order valence-corrected chi connectivity index (χ4v) is 6.94. The van der Waals surface area contributed by atoms with Crippen LogP contribution in [0.5, 0.6) is 5.75 Å². The van der Waals surface area contributed by atoms with E-state index in [4.69, 9.17) is 25.5 Å². The van der Waals surface area contributed by atoms with Gasteiger partial charge in [0.15, 0.2) is 0 Å². The molecule has 0 spiro atoms. The normalized spacial score (nSPS) is 12.0. The molecule has 1 aromatic carbocycles. The van der Waals surface area contributed by atoms with Crippen molar-refractivity contribution in [3.63, 3.8) is 0 Å². The van der Waals surface area contributed by atoms with Crippen molar-refractivity contribution in [2.24, 2.45) is 10.2 Å². The van der Waals surface area contributed by atoms with Crippen LogP contribution in [0, 0.1) is 31.8 Å². The Morgan fingerprint density at radius 1 is 0.796 bits per heavy atom. The maximum atomic E-state index is 9.41. The van der Waals surface area contributed by atoms with Crippen molar-refractivity contribution in [2.75, 3.05) is 117 Å². The summed E-state index contributed by atoms with van der Waals surface area (Å²) in [6.07, 6.45) is 0. The smallest absolute Gasteiger partial charge is 0.229 e. The molecule has 0 saturated heterocycles. The third-order valence-corrected chi connectivity index (χ3v) is 11.3. The van der Waals surface area contributed by atoms with E-state index in [1.54, 1.807) is 14.0 Å². The van der Waals surface area contributed by atoms with Crippen LogP contribution in [0.2, 0.25) is 0 Å². The molecule has 272 valence electrons. The van der Waals surface area contributed by atoms with Gasteiger partial charge >= 0.3 is 0 Å².